The van der Waals surface area contributed by atoms with Crippen molar-refractivity contribution in [2.24, 2.45) is 5.73 Å². The molecule has 0 saturated carbocycles. The molecule has 0 bridgehead atoms. The highest BCUT2D eigenvalue weighted by atomic mass is 16.2. The minimum atomic E-state index is -0.346. The van der Waals surface area contributed by atoms with Crippen LogP contribution < -0.4 is 5.73 Å². The third-order valence-electron chi connectivity index (χ3n) is 4.04. The number of hydrogen-bond acceptors (Lipinski definition) is 3. The van der Waals surface area contributed by atoms with Crippen LogP contribution in [-0.4, -0.2) is 21.9 Å². The van der Waals surface area contributed by atoms with Gasteiger partial charge in [-0.3, -0.25) is 5.10 Å². The van der Waals surface area contributed by atoms with Crippen molar-refractivity contribution in [2.75, 3.05) is 6.61 Å². The van der Waals surface area contributed by atoms with Crippen molar-refractivity contribution in [3.05, 3.63) is 53.7 Å². The molecule has 4 heteroatoms. The van der Waals surface area contributed by atoms with Gasteiger partial charge in [-0.15, -0.1) is 0 Å². The second-order valence-corrected chi connectivity index (χ2v) is 6.20. The van der Waals surface area contributed by atoms with Gasteiger partial charge in [0.1, 0.15) is 0 Å². The number of aliphatic hydroxyl groups excluding tert-OH is 1. The van der Waals surface area contributed by atoms with Crippen LogP contribution in [0.2, 0.25) is 0 Å². The summed E-state index contributed by atoms with van der Waals surface area (Å²) in [6, 6.07) is 12.4. The van der Waals surface area contributed by atoms with Gasteiger partial charge in [0.25, 0.3) is 0 Å². The second kappa shape index (κ2) is 5.55. The van der Waals surface area contributed by atoms with Crippen LogP contribution in [-0.2, 0) is 12.0 Å². The molecule has 1 aromatic heterocycles. The van der Waals surface area contributed by atoms with E-state index in [4.69, 9.17) is 5.73 Å². The van der Waals surface area contributed by atoms with E-state index in [0.29, 0.717) is 6.42 Å². The normalized spacial score (nSPS) is 12.0. The largest absolute Gasteiger partial charge is 0.396 e. The molecule has 3 aromatic rings. The highest BCUT2D eigenvalue weighted by Crippen LogP contribution is 2.31. The fourth-order valence-corrected chi connectivity index (χ4v) is 2.81. The van der Waals surface area contributed by atoms with Gasteiger partial charge in [-0.25, -0.2) is 0 Å². The van der Waals surface area contributed by atoms with Crippen LogP contribution in [0.25, 0.3) is 22.0 Å². The van der Waals surface area contributed by atoms with Crippen LogP contribution >= 0.6 is 0 Å². The molecule has 0 fully saturated rings. The van der Waals surface area contributed by atoms with Crippen LogP contribution in [0.1, 0.15) is 25.0 Å². The van der Waals surface area contributed by atoms with E-state index in [2.05, 4.69) is 40.5 Å². The molecule has 4 nitrogen and oxygen atoms in total. The molecule has 0 saturated heterocycles. The average molecular weight is 295 g/mol. The standard InChI is InChI=1S/C18H21N3O/c1-18(2,19)13-5-3-12(4-6-13)14-7-8-17-16(11-20-21-17)15(14)9-10-22/h3-8,11,22H,9-10,19H2,1-2H3,(H,20,21). The number of aromatic nitrogens is 2. The maximum Gasteiger partial charge on any atom is 0.0653 e. The first-order valence-corrected chi connectivity index (χ1v) is 7.46. The summed E-state index contributed by atoms with van der Waals surface area (Å²) >= 11 is 0. The van der Waals surface area contributed by atoms with Crippen molar-refractivity contribution in [2.45, 2.75) is 25.8 Å². The lowest BCUT2D eigenvalue weighted by molar-refractivity contribution is 0.300. The van der Waals surface area contributed by atoms with Gasteiger partial charge >= 0.3 is 0 Å². The zero-order valence-electron chi connectivity index (χ0n) is 12.9. The van der Waals surface area contributed by atoms with Crippen LogP contribution in [0.4, 0.5) is 0 Å². The molecule has 0 radical (unpaired) electrons. The molecule has 114 valence electrons. The first-order valence-electron chi connectivity index (χ1n) is 7.46. The van der Waals surface area contributed by atoms with Gasteiger partial charge in [0.05, 0.1) is 11.7 Å². The minimum absolute atomic E-state index is 0.116. The van der Waals surface area contributed by atoms with Crippen molar-refractivity contribution in [1.29, 1.82) is 0 Å². The first-order chi connectivity index (χ1) is 10.5. The van der Waals surface area contributed by atoms with E-state index < -0.39 is 0 Å². The number of fused-ring (bicyclic) bond motifs is 1. The Labute approximate surface area is 130 Å². The van der Waals surface area contributed by atoms with Gasteiger partial charge in [-0.05, 0) is 48.6 Å². The topological polar surface area (TPSA) is 74.9 Å². The third-order valence-corrected chi connectivity index (χ3v) is 4.04. The van der Waals surface area contributed by atoms with Crippen molar-refractivity contribution < 1.29 is 5.11 Å². The maximum atomic E-state index is 9.39. The quantitative estimate of drug-likeness (QED) is 0.692. The van der Waals surface area contributed by atoms with Crippen LogP contribution in [0.5, 0.6) is 0 Å². The Kier molecular flexibility index (Phi) is 3.72. The Morgan fingerprint density at radius 1 is 1.14 bits per heavy atom. The van der Waals surface area contributed by atoms with E-state index in [0.717, 1.165) is 33.2 Å². The number of H-pyrrole nitrogens is 1. The van der Waals surface area contributed by atoms with Gasteiger partial charge in [0.2, 0.25) is 0 Å². The van der Waals surface area contributed by atoms with Crippen molar-refractivity contribution in [1.82, 2.24) is 10.2 Å². The number of nitrogens with two attached hydrogens (primary N) is 1. The smallest absolute Gasteiger partial charge is 0.0653 e. The lowest BCUT2D eigenvalue weighted by Crippen LogP contribution is -2.28. The molecule has 1 heterocycles. The van der Waals surface area contributed by atoms with E-state index in [1.807, 2.05) is 26.1 Å². The zero-order valence-corrected chi connectivity index (χ0v) is 12.9. The van der Waals surface area contributed by atoms with E-state index in [9.17, 15) is 5.11 Å². The molecular formula is C18H21N3O. The van der Waals surface area contributed by atoms with Gasteiger partial charge in [0.15, 0.2) is 0 Å². The van der Waals surface area contributed by atoms with E-state index in [1.54, 1.807) is 0 Å². The maximum absolute atomic E-state index is 9.39. The molecule has 0 aliphatic carbocycles. The molecular weight excluding hydrogens is 274 g/mol. The lowest BCUT2D eigenvalue weighted by Gasteiger charge is -2.19. The number of hydrogen-bond donors (Lipinski definition) is 3. The van der Waals surface area contributed by atoms with Crippen molar-refractivity contribution >= 4 is 10.9 Å². The number of aromatic amines is 1. The van der Waals surface area contributed by atoms with Crippen molar-refractivity contribution in [3.63, 3.8) is 0 Å². The highest BCUT2D eigenvalue weighted by Gasteiger charge is 2.15. The highest BCUT2D eigenvalue weighted by molar-refractivity contribution is 5.89. The van der Waals surface area contributed by atoms with Crippen LogP contribution in [0.3, 0.4) is 0 Å². The minimum Gasteiger partial charge on any atom is -0.396 e. The molecule has 0 unspecified atom stereocenters. The summed E-state index contributed by atoms with van der Waals surface area (Å²) in [7, 11) is 0. The summed E-state index contributed by atoms with van der Waals surface area (Å²) in [4.78, 5) is 0. The van der Waals surface area contributed by atoms with E-state index >= 15 is 0 Å². The molecule has 2 aromatic carbocycles. The molecule has 0 aliphatic heterocycles. The monoisotopic (exact) mass is 295 g/mol. The summed E-state index contributed by atoms with van der Waals surface area (Å²) in [6.45, 7) is 4.11. The average Bonchev–Trinajstić information content (AvgIpc) is 2.96. The fourth-order valence-electron chi connectivity index (χ4n) is 2.81. The van der Waals surface area contributed by atoms with E-state index in [1.165, 1.54) is 0 Å². The number of rotatable bonds is 4. The van der Waals surface area contributed by atoms with Gasteiger partial charge in [-0.1, -0.05) is 30.3 Å². The van der Waals surface area contributed by atoms with Crippen LogP contribution in [0, 0.1) is 0 Å². The lowest BCUT2D eigenvalue weighted by atomic mass is 9.91. The summed E-state index contributed by atoms with van der Waals surface area (Å²) in [5, 5.41) is 17.5. The number of benzene rings is 2. The van der Waals surface area contributed by atoms with Gasteiger partial charge in [-0.2, -0.15) is 5.10 Å². The first kappa shape index (κ1) is 14.8. The van der Waals surface area contributed by atoms with E-state index in [-0.39, 0.29) is 12.1 Å². The number of aliphatic hydroxyl groups is 1. The Morgan fingerprint density at radius 2 is 1.86 bits per heavy atom. The number of nitrogens with zero attached hydrogens (tertiary/aromatic N) is 1. The molecule has 0 spiro atoms. The fraction of sp³-hybridized carbons (Fsp3) is 0.278. The summed E-state index contributed by atoms with van der Waals surface area (Å²) in [6.07, 6.45) is 2.43. The Hall–Kier alpha value is -2.17. The summed E-state index contributed by atoms with van der Waals surface area (Å²) < 4.78 is 0. The van der Waals surface area contributed by atoms with Crippen LogP contribution in [0.15, 0.2) is 42.6 Å². The van der Waals surface area contributed by atoms with Crippen molar-refractivity contribution in [3.8, 4) is 11.1 Å². The number of nitrogens with one attached hydrogen (secondary N) is 1. The molecule has 3 rings (SSSR count). The predicted octanol–water partition coefficient (Wildman–Crippen LogP) is 2.96. The SMILES string of the molecule is CC(C)(N)c1ccc(-c2ccc3[nH]ncc3c2CCO)cc1. The Balaban J connectivity index is 2.11. The predicted molar refractivity (Wildman–Crippen MR) is 89.5 cm³/mol. The zero-order chi connectivity index (χ0) is 15.7. The Morgan fingerprint density at radius 3 is 2.50 bits per heavy atom. The van der Waals surface area contributed by atoms with Gasteiger partial charge in [0, 0.05) is 17.5 Å². The molecule has 22 heavy (non-hydrogen) atoms. The molecule has 0 amide bonds. The molecule has 0 aliphatic rings. The molecule has 0 atom stereocenters. The van der Waals surface area contributed by atoms with Gasteiger partial charge < -0.3 is 10.8 Å². The third kappa shape index (κ3) is 2.63. The summed E-state index contributed by atoms with van der Waals surface area (Å²) in [5.74, 6) is 0. The second-order valence-electron chi connectivity index (χ2n) is 6.20. The molecule has 4 N–H and O–H groups in total. The summed E-state index contributed by atoms with van der Waals surface area (Å²) in [5.41, 5.74) is 11.3. The Bertz CT molecular complexity index is 782.